The monoisotopic (exact) mass is 420 g/mol. The van der Waals surface area contributed by atoms with Gasteiger partial charge in [0.05, 0.1) is 16.4 Å². The number of amidine groups is 1. The fraction of sp³-hybridized carbons (Fsp3) is 0.115. The molecule has 0 aliphatic carbocycles. The zero-order valence-corrected chi connectivity index (χ0v) is 17.3. The molecule has 1 aliphatic heterocycles. The summed E-state index contributed by atoms with van der Waals surface area (Å²) in [6.45, 7) is 1.79. The maximum atomic E-state index is 12.8. The molecule has 0 saturated heterocycles. The topological polar surface area (TPSA) is 83.3 Å². The average molecular weight is 420 g/mol. The highest BCUT2D eigenvalue weighted by Gasteiger charge is 2.13. The maximum absolute atomic E-state index is 12.8. The molecule has 0 saturated carbocycles. The lowest BCUT2D eigenvalue weighted by Crippen LogP contribution is -2.30. The lowest BCUT2D eigenvalue weighted by atomic mass is 10.1. The summed E-state index contributed by atoms with van der Waals surface area (Å²) in [5.41, 5.74) is 5.03. The fourth-order valence-corrected chi connectivity index (χ4v) is 4.07. The van der Waals surface area contributed by atoms with E-state index in [1.807, 2.05) is 60.7 Å². The van der Waals surface area contributed by atoms with E-state index in [9.17, 15) is 4.79 Å². The largest absolute Gasteiger partial charge is 0.456 e. The van der Waals surface area contributed by atoms with Gasteiger partial charge in [-0.15, -0.1) is 0 Å². The summed E-state index contributed by atoms with van der Waals surface area (Å²) in [4.78, 5) is 25.5. The molecule has 0 bridgehead atoms. The van der Waals surface area contributed by atoms with Crippen LogP contribution in [0.25, 0.3) is 44.7 Å². The fourth-order valence-electron chi connectivity index (χ4n) is 4.07. The molecule has 0 fully saturated rings. The Morgan fingerprint density at radius 1 is 0.875 bits per heavy atom. The first-order chi connectivity index (χ1) is 15.7. The summed E-state index contributed by atoms with van der Waals surface area (Å²) >= 11 is 0. The third-order valence-electron chi connectivity index (χ3n) is 5.71. The van der Waals surface area contributed by atoms with Crippen LogP contribution in [-0.4, -0.2) is 28.9 Å². The number of benzene rings is 3. The van der Waals surface area contributed by atoms with Crippen molar-refractivity contribution in [3.63, 3.8) is 0 Å². The minimum atomic E-state index is -0.0771. The molecule has 5 aromatic rings. The number of hydrogen-bond donors (Lipinski definition) is 2. The van der Waals surface area contributed by atoms with Gasteiger partial charge < -0.3 is 14.7 Å². The molecule has 6 nitrogen and oxygen atoms in total. The van der Waals surface area contributed by atoms with Crippen LogP contribution in [0.3, 0.4) is 0 Å². The zero-order valence-electron chi connectivity index (χ0n) is 17.3. The van der Waals surface area contributed by atoms with Crippen LogP contribution in [-0.2, 0) is 0 Å². The highest BCUT2D eigenvalue weighted by molar-refractivity contribution is 6.01. The number of H-pyrrole nitrogens is 1. The summed E-state index contributed by atoms with van der Waals surface area (Å²) in [7, 11) is 0. The Morgan fingerprint density at radius 2 is 1.75 bits per heavy atom. The molecule has 6 rings (SSSR count). The molecule has 2 aromatic heterocycles. The van der Waals surface area contributed by atoms with E-state index in [0.717, 1.165) is 53.1 Å². The van der Waals surface area contributed by atoms with E-state index < -0.39 is 0 Å². The average Bonchev–Trinajstić information content (AvgIpc) is 3.28. The molecule has 0 amide bonds. The Bertz CT molecular complexity index is 1550. The minimum absolute atomic E-state index is 0.0771. The summed E-state index contributed by atoms with van der Waals surface area (Å²) in [5.74, 6) is 2.20. The second kappa shape index (κ2) is 7.50. The molecule has 3 aromatic carbocycles. The molecule has 156 valence electrons. The number of nitrogens with zero attached hydrogens (tertiary/aromatic N) is 2. The number of imidazole rings is 1. The molecule has 3 heterocycles. The maximum Gasteiger partial charge on any atom is 0.193 e. The van der Waals surface area contributed by atoms with E-state index in [0.29, 0.717) is 22.6 Å². The Labute approximate surface area is 183 Å². The first-order valence-corrected chi connectivity index (χ1v) is 10.7. The molecule has 1 aliphatic rings. The van der Waals surface area contributed by atoms with Crippen LogP contribution >= 0.6 is 0 Å². The summed E-state index contributed by atoms with van der Waals surface area (Å²) in [5, 5.41) is 3.88. The van der Waals surface area contributed by atoms with Gasteiger partial charge in [-0.05, 0) is 42.8 Å². The quantitative estimate of drug-likeness (QED) is 0.441. The van der Waals surface area contributed by atoms with Crippen LogP contribution in [0, 0.1) is 0 Å². The number of aromatic nitrogens is 2. The third kappa shape index (κ3) is 3.26. The molecular weight excluding hydrogens is 400 g/mol. The molecule has 32 heavy (non-hydrogen) atoms. The Hall–Kier alpha value is -4.19. The van der Waals surface area contributed by atoms with E-state index in [-0.39, 0.29) is 5.43 Å². The number of aliphatic imine (C=N–C) groups is 1. The molecular formula is C26H20N4O2. The molecule has 0 spiro atoms. The van der Waals surface area contributed by atoms with Crippen molar-refractivity contribution in [1.29, 1.82) is 0 Å². The second-order valence-electron chi connectivity index (χ2n) is 7.88. The Kier molecular flexibility index (Phi) is 4.35. The van der Waals surface area contributed by atoms with Crippen molar-refractivity contribution in [1.82, 2.24) is 15.3 Å². The van der Waals surface area contributed by atoms with Crippen LogP contribution < -0.4 is 10.7 Å². The van der Waals surface area contributed by atoms with Gasteiger partial charge in [0.25, 0.3) is 0 Å². The number of aromatic amines is 1. The number of hydrogen-bond acceptors (Lipinski definition) is 5. The van der Waals surface area contributed by atoms with Crippen molar-refractivity contribution < 1.29 is 4.42 Å². The van der Waals surface area contributed by atoms with Crippen LogP contribution in [0.4, 0.5) is 0 Å². The second-order valence-corrected chi connectivity index (χ2v) is 7.88. The molecule has 6 heteroatoms. The van der Waals surface area contributed by atoms with Crippen molar-refractivity contribution in [2.75, 3.05) is 13.1 Å². The zero-order chi connectivity index (χ0) is 21.5. The smallest absolute Gasteiger partial charge is 0.193 e. The van der Waals surface area contributed by atoms with Crippen LogP contribution in [0.15, 0.2) is 87.0 Å². The standard InChI is InChI=1S/C26H20N4O2/c31-22-15-24(16-5-2-1-3-6-16)32-23-10-8-17(13-19(22)23)26-29-20-9-7-18(14-21(20)30-26)25-27-11-4-12-28-25/h1-3,5-10,13-15H,4,11-12H2,(H,27,28)(H,29,30). The molecule has 0 atom stereocenters. The number of nitrogens with one attached hydrogen (secondary N) is 2. The van der Waals surface area contributed by atoms with Crippen LogP contribution in [0.5, 0.6) is 0 Å². The van der Waals surface area contributed by atoms with E-state index in [1.165, 1.54) is 0 Å². The van der Waals surface area contributed by atoms with Crippen LogP contribution in [0.1, 0.15) is 12.0 Å². The minimum Gasteiger partial charge on any atom is -0.456 e. The highest BCUT2D eigenvalue weighted by Crippen LogP contribution is 2.27. The van der Waals surface area contributed by atoms with Gasteiger partial charge in [-0.3, -0.25) is 9.79 Å². The van der Waals surface area contributed by atoms with Crippen molar-refractivity contribution >= 4 is 27.8 Å². The first kappa shape index (κ1) is 18.6. The molecule has 0 radical (unpaired) electrons. The predicted octanol–water partition coefficient (Wildman–Crippen LogP) is 4.74. The van der Waals surface area contributed by atoms with Crippen LogP contribution in [0.2, 0.25) is 0 Å². The SMILES string of the molecule is O=c1cc(-c2ccccc2)oc2ccc(-c3nc4ccc(C5=NCCCN5)cc4[nH]3)cc12. The van der Waals surface area contributed by atoms with Crippen molar-refractivity contribution in [2.24, 2.45) is 4.99 Å². The Balaban J connectivity index is 1.40. The van der Waals surface area contributed by atoms with Gasteiger partial charge in [-0.2, -0.15) is 0 Å². The van der Waals surface area contributed by atoms with Gasteiger partial charge >= 0.3 is 0 Å². The van der Waals surface area contributed by atoms with Gasteiger partial charge in [0.2, 0.25) is 0 Å². The van der Waals surface area contributed by atoms with E-state index in [4.69, 9.17) is 9.40 Å². The van der Waals surface area contributed by atoms with E-state index >= 15 is 0 Å². The van der Waals surface area contributed by atoms with E-state index in [2.05, 4.69) is 21.4 Å². The summed E-state index contributed by atoms with van der Waals surface area (Å²) < 4.78 is 6.01. The van der Waals surface area contributed by atoms with Crippen molar-refractivity contribution in [3.8, 4) is 22.7 Å². The Morgan fingerprint density at radius 3 is 2.59 bits per heavy atom. The summed E-state index contributed by atoms with van der Waals surface area (Å²) in [6, 6.07) is 22.9. The van der Waals surface area contributed by atoms with Gasteiger partial charge in [-0.25, -0.2) is 4.98 Å². The number of fused-ring (bicyclic) bond motifs is 2. The van der Waals surface area contributed by atoms with Crippen molar-refractivity contribution in [3.05, 3.63) is 88.6 Å². The lowest BCUT2D eigenvalue weighted by molar-refractivity contribution is 0.619. The first-order valence-electron chi connectivity index (χ1n) is 10.7. The van der Waals surface area contributed by atoms with E-state index in [1.54, 1.807) is 6.07 Å². The molecule has 2 N–H and O–H groups in total. The lowest BCUT2D eigenvalue weighted by Gasteiger charge is -2.14. The van der Waals surface area contributed by atoms with Gasteiger partial charge in [-0.1, -0.05) is 30.3 Å². The van der Waals surface area contributed by atoms with Crippen molar-refractivity contribution in [2.45, 2.75) is 6.42 Å². The molecule has 0 unspecified atom stereocenters. The van der Waals surface area contributed by atoms with Gasteiger partial charge in [0, 0.05) is 35.8 Å². The predicted molar refractivity (Wildman–Crippen MR) is 127 cm³/mol. The third-order valence-corrected chi connectivity index (χ3v) is 5.71. The highest BCUT2D eigenvalue weighted by atomic mass is 16.3. The van der Waals surface area contributed by atoms with Gasteiger partial charge in [0.1, 0.15) is 23.0 Å². The number of rotatable bonds is 3. The van der Waals surface area contributed by atoms with Gasteiger partial charge in [0.15, 0.2) is 5.43 Å². The summed E-state index contributed by atoms with van der Waals surface area (Å²) in [6.07, 6.45) is 1.06. The normalized spacial score (nSPS) is 13.8.